The Kier molecular flexibility index (Phi) is 5.57. The minimum Gasteiger partial charge on any atom is -0.370 e. The van der Waals surface area contributed by atoms with E-state index in [0.29, 0.717) is 12.2 Å². The van der Waals surface area contributed by atoms with Crippen molar-refractivity contribution in [1.29, 1.82) is 0 Å². The van der Waals surface area contributed by atoms with Gasteiger partial charge in [0.25, 0.3) is 0 Å². The van der Waals surface area contributed by atoms with E-state index in [1.165, 1.54) is 82.6 Å². The Morgan fingerprint density at radius 1 is 0.625 bits per heavy atom. The van der Waals surface area contributed by atoms with E-state index in [2.05, 4.69) is 30.3 Å². The third-order valence-corrected chi connectivity index (χ3v) is 7.05. The summed E-state index contributed by atoms with van der Waals surface area (Å²) in [7, 11) is 0. The molecule has 1 nitrogen and oxygen atoms in total. The second-order valence-electron chi connectivity index (χ2n) is 8.60. The molecule has 2 saturated carbocycles. The molecule has 3 atom stereocenters. The summed E-state index contributed by atoms with van der Waals surface area (Å²) in [4.78, 5) is 0. The highest BCUT2D eigenvalue weighted by molar-refractivity contribution is 5.18. The van der Waals surface area contributed by atoms with E-state index in [4.69, 9.17) is 4.74 Å². The largest absolute Gasteiger partial charge is 0.370 e. The summed E-state index contributed by atoms with van der Waals surface area (Å²) in [5, 5.41) is 0. The summed E-state index contributed by atoms with van der Waals surface area (Å²) in [5.41, 5.74) is 1.42. The van der Waals surface area contributed by atoms with Crippen molar-refractivity contribution in [3.05, 3.63) is 35.9 Å². The van der Waals surface area contributed by atoms with Crippen LogP contribution in [-0.2, 0) is 4.74 Å². The van der Waals surface area contributed by atoms with Crippen molar-refractivity contribution < 1.29 is 4.74 Å². The third-order valence-electron chi connectivity index (χ3n) is 7.05. The molecule has 1 aliphatic heterocycles. The van der Waals surface area contributed by atoms with Crippen LogP contribution >= 0.6 is 0 Å². The lowest BCUT2D eigenvalue weighted by Crippen LogP contribution is -2.37. The summed E-state index contributed by atoms with van der Waals surface area (Å²) in [6.07, 6.45) is 17.9. The molecule has 4 rings (SSSR count). The molecule has 3 unspecified atom stereocenters. The first kappa shape index (κ1) is 16.6. The van der Waals surface area contributed by atoms with Gasteiger partial charge in [0, 0.05) is 0 Å². The molecule has 0 aromatic heterocycles. The SMILES string of the molecule is c1ccc(C2CC(C3CCCCC3)CC(C3CCCCC3)O2)cc1. The first-order chi connectivity index (χ1) is 11.9. The quantitative estimate of drug-likeness (QED) is 0.601. The van der Waals surface area contributed by atoms with Gasteiger partial charge in [-0.3, -0.25) is 0 Å². The fourth-order valence-corrected chi connectivity index (χ4v) is 5.67. The van der Waals surface area contributed by atoms with Crippen molar-refractivity contribution in [3.63, 3.8) is 0 Å². The van der Waals surface area contributed by atoms with E-state index in [1.807, 2.05) is 0 Å². The van der Waals surface area contributed by atoms with Gasteiger partial charge in [0.1, 0.15) is 0 Å². The smallest absolute Gasteiger partial charge is 0.0831 e. The standard InChI is InChI=1S/C23H34O/c1-4-10-18(11-5-1)21-16-22(19-12-6-2-7-13-19)24-23(17-21)20-14-8-3-9-15-20/h2,6-7,12-13,18,20-23H,1,3-5,8-11,14-17H2. The lowest BCUT2D eigenvalue weighted by Gasteiger charge is -2.44. The Hall–Kier alpha value is -0.820. The second-order valence-corrected chi connectivity index (χ2v) is 8.60. The maximum atomic E-state index is 6.73. The zero-order valence-electron chi connectivity index (χ0n) is 15.2. The van der Waals surface area contributed by atoms with E-state index < -0.39 is 0 Å². The van der Waals surface area contributed by atoms with Gasteiger partial charge in [-0.25, -0.2) is 0 Å². The minimum absolute atomic E-state index is 0.346. The summed E-state index contributed by atoms with van der Waals surface area (Å²) in [5.74, 6) is 2.70. The van der Waals surface area contributed by atoms with Crippen molar-refractivity contribution in [3.8, 4) is 0 Å². The molecule has 1 heteroatoms. The Balaban J connectivity index is 1.51. The molecule has 2 aliphatic carbocycles. The highest BCUT2D eigenvalue weighted by Crippen LogP contribution is 2.46. The van der Waals surface area contributed by atoms with Gasteiger partial charge in [0.15, 0.2) is 0 Å². The molecule has 132 valence electrons. The van der Waals surface area contributed by atoms with Crippen LogP contribution in [0.15, 0.2) is 30.3 Å². The molecule has 0 bridgehead atoms. The van der Waals surface area contributed by atoms with Crippen LogP contribution in [0, 0.1) is 17.8 Å². The molecule has 1 heterocycles. The molecule has 0 amide bonds. The van der Waals surface area contributed by atoms with Crippen molar-refractivity contribution in [2.75, 3.05) is 0 Å². The van der Waals surface area contributed by atoms with Gasteiger partial charge in [-0.2, -0.15) is 0 Å². The monoisotopic (exact) mass is 326 g/mol. The van der Waals surface area contributed by atoms with E-state index in [9.17, 15) is 0 Å². The fourth-order valence-electron chi connectivity index (χ4n) is 5.67. The van der Waals surface area contributed by atoms with Gasteiger partial charge >= 0.3 is 0 Å². The molecule has 24 heavy (non-hydrogen) atoms. The Morgan fingerprint density at radius 2 is 1.25 bits per heavy atom. The summed E-state index contributed by atoms with van der Waals surface area (Å²) in [6, 6.07) is 11.1. The Bertz CT molecular complexity index is 458. The van der Waals surface area contributed by atoms with Crippen molar-refractivity contribution in [1.82, 2.24) is 0 Å². The average molecular weight is 327 g/mol. The highest BCUT2D eigenvalue weighted by atomic mass is 16.5. The van der Waals surface area contributed by atoms with E-state index in [-0.39, 0.29) is 0 Å². The lowest BCUT2D eigenvalue weighted by molar-refractivity contribution is -0.115. The van der Waals surface area contributed by atoms with E-state index >= 15 is 0 Å². The number of benzene rings is 1. The van der Waals surface area contributed by atoms with Crippen LogP contribution in [-0.4, -0.2) is 6.10 Å². The molecule has 3 aliphatic rings. The van der Waals surface area contributed by atoms with Crippen LogP contribution in [0.25, 0.3) is 0 Å². The molecule has 0 spiro atoms. The number of hydrogen-bond acceptors (Lipinski definition) is 1. The van der Waals surface area contributed by atoms with Crippen LogP contribution < -0.4 is 0 Å². The number of rotatable bonds is 3. The molecular weight excluding hydrogens is 292 g/mol. The predicted molar refractivity (Wildman–Crippen MR) is 99.9 cm³/mol. The first-order valence-corrected chi connectivity index (χ1v) is 10.6. The molecule has 1 aromatic rings. The number of ether oxygens (including phenoxy) is 1. The fraction of sp³-hybridized carbons (Fsp3) is 0.739. The molecular formula is C23H34O. The molecule has 0 radical (unpaired) electrons. The Morgan fingerprint density at radius 3 is 1.92 bits per heavy atom. The maximum Gasteiger partial charge on any atom is 0.0831 e. The average Bonchev–Trinajstić information content (AvgIpc) is 2.70. The zero-order chi connectivity index (χ0) is 16.2. The normalized spacial score (nSPS) is 33.4. The maximum absolute atomic E-state index is 6.73. The first-order valence-electron chi connectivity index (χ1n) is 10.6. The van der Waals surface area contributed by atoms with Gasteiger partial charge in [-0.1, -0.05) is 81.7 Å². The Labute approximate surface area is 148 Å². The summed E-state index contributed by atoms with van der Waals surface area (Å²) in [6.45, 7) is 0. The third kappa shape index (κ3) is 3.87. The van der Waals surface area contributed by atoms with Gasteiger partial charge < -0.3 is 4.74 Å². The van der Waals surface area contributed by atoms with Gasteiger partial charge in [-0.05, 0) is 49.0 Å². The van der Waals surface area contributed by atoms with Crippen LogP contribution in [0.2, 0.25) is 0 Å². The highest BCUT2D eigenvalue weighted by Gasteiger charge is 2.38. The van der Waals surface area contributed by atoms with Crippen molar-refractivity contribution in [2.45, 2.75) is 89.3 Å². The molecule has 3 fully saturated rings. The minimum atomic E-state index is 0.346. The van der Waals surface area contributed by atoms with E-state index in [1.54, 1.807) is 0 Å². The summed E-state index contributed by atoms with van der Waals surface area (Å²) < 4.78 is 6.73. The second kappa shape index (κ2) is 8.04. The van der Waals surface area contributed by atoms with E-state index in [0.717, 1.165) is 17.8 Å². The van der Waals surface area contributed by atoms with Crippen LogP contribution in [0.1, 0.15) is 88.7 Å². The molecule has 0 N–H and O–H groups in total. The number of hydrogen-bond donors (Lipinski definition) is 0. The zero-order valence-corrected chi connectivity index (χ0v) is 15.2. The van der Waals surface area contributed by atoms with Gasteiger partial charge in [-0.15, -0.1) is 0 Å². The molecule has 1 saturated heterocycles. The summed E-state index contributed by atoms with van der Waals surface area (Å²) >= 11 is 0. The van der Waals surface area contributed by atoms with Crippen LogP contribution in [0.4, 0.5) is 0 Å². The van der Waals surface area contributed by atoms with Crippen molar-refractivity contribution >= 4 is 0 Å². The topological polar surface area (TPSA) is 9.23 Å². The van der Waals surface area contributed by atoms with Gasteiger partial charge in [0.2, 0.25) is 0 Å². The lowest BCUT2D eigenvalue weighted by atomic mass is 9.71. The van der Waals surface area contributed by atoms with Crippen LogP contribution in [0.5, 0.6) is 0 Å². The molecule has 1 aromatic carbocycles. The predicted octanol–water partition coefficient (Wildman–Crippen LogP) is 6.68. The van der Waals surface area contributed by atoms with Crippen LogP contribution in [0.3, 0.4) is 0 Å². The van der Waals surface area contributed by atoms with Crippen molar-refractivity contribution in [2.24, 2.45) is 17.8 Å². The van der Waals surface area contributed by atoms with Gasteiger partial charge in [0.05, 0.1) is 12.2 Å².